The summed E-state index contributed by atoms with van der Waals surface area (Å²) in [5, 5.41) is 54.8. The molecule has 10 N–H and O–H groups in total. The SMILES string of the molecule is CCC1OC(OC2C(NC(=O)OC(C)(C)C)CC(N)C(OC3OC(CO)C(O)C(N)C3O)C2O)C(C)CC1O. The summed E-state index contributed by atoms with van der Waals surface area (Å²) >= 11 is 0. The average Bonchev–Trinajstić information content (AvgIpc) is 2.84. The van der Waals surface area contributed by atoms with Crippen molar-refractivity contribution < 1.29 is 54.0 Å². The van der Waals surface area contributed by atoms with Gasteiger partial charge < -0.3 is 66.0 Å². The third-order valence-electron chi connectivity index (χ3n) is 7.46. The van der Waals surface area contributed by atoms with Crippen molar-refractivity contribution in [2.45, 2.75) is 139 Å². The first-order valence-electron chi connectivity index (χ1n) is 13.6. The first-order valence-corrected chi connectivity index (χ1v) is 13.6. The van der Waals surface area contributed by atoms with E-state index in [1.807, 2.05) is 13.8 Å². The van der Waals surface area contributed by atoms with Gasteiger partial charge in [-0.05, 0) is 40.0 Å². The van der Waals surface area contributed by atoms with Crippen LogP contribution in [0.3, 0.4) is 0 Å². The summed E-state index contributed by atoms with van der Waals surface area (Å²) in [6.07, 6.45) is -10.6. The second-order valence-corrected chi connectivity index (χ2v) is 11.9. The van der Waals surface area contributed by atoms with Crippen LogP contribution < -0.4 is 16.8 Å². The van der Waals surface area contributed by atoms with Gasteiger partial charge >= 0.3 is 6.09 Å². The zero-order valence-corrected chi connectivity index (χ0v) is 23.3. The first kappa shape index (κ1) is 32.3. The fraction of sp³-hybridized carbons (Fsp3) is 0.960. The van der Waals surface area contributed by atoms with Gasteiger partial charge in [0.1, 0.15) is 42.2 Å². The fourth-order valence-corrected chi connectivity index (χ4v) is 5.31. The van der Waals surface area contributed by atoms with E-state index >= 15 is 0 Å². The van der Waals surface area contributed by atoms with Gasteiger partial charge in [0, 0.05) is 12.0 Å². The van der Waals surface area contributed by atoms with E-state index in [9.17, 15) is 30.3 Å². The molecule has 0 aromatic carbocycles. The molecule has 3 fully saturated rings. The van der Waals surface area contributed by atoms with Gasteiger partial charge in [-0.3, -0.25) is 0 Å². The van der Waals surface area contributed by atoms with E-state index in [1.54, 1.807) is 20.8 Å². The van der Waals surface area contributed by atoms with E-state index in [0.29, 0.717) is 12.8 Å². The number of aliphatic hydroxyl groups excluding tert-OH is 5. The topological polar surface area (TPSA) is 228 Å². The summed E-state index contributed by atoms with van der Waals surface area (Å²) in [6, 6.07) is -2.85. The van der Waals surface area contributed by atoms with Crippen molar-refractivity contribution >= 4 is 6.09 Å². The number of ether oxygens (including phenoxy) is 5. The standard InChI is InChI=1S/C25H47N3O11/c1-6-14-13(30)7-10(2)22(35-14)38-21-12(28-24(34)39-25(3,4)5)8-11(26)20(19(21)33)37-23-18(32)16(27)17(31)15(9-29)36-23/h10-23,29-33H,6-9,26-27H2,1-5H3,(H,28,34). The van der Waals surface area contributed by atoms with E-state index in [1.165, 1.54) is 0 Å². The molecule has 0 bridgehead atoms. The highest BCUT2D eigenvalue weighted by atomic mass is 16.7. The molecule has 14 atom stereocenters. The molecule has 0 radical (unpaired) electrons. The number of aliphatic hydroxyl groups is 5. The number of nitrogens with two attached hydrogens (primary N) is 2. The molecule has 1 aliphatic carbocycles. The number of hydrogen-bond donors (Lipinski definition) is 8. The zero-order valence-electron chi connectivity index (χ0n) is 23.3. The average molecular weight is 566 g/mol. The number of rotatable bonds is 7. The highest BCUT2D eigenvalue weighted by Crippen LogP contribution is 2.34. The van der Waals surface area contributed by atoms with Gasteiger partial charge in [-0.15, -0.1) is 0 Å². The molecule has 2 saturated heterocycles. The normalized spacial score (nSPS) is 45.5. The lowest BCUT2D eigenvalue weighted by molar-refractivity contribution is -0.318. The van der Waals surface area contributed by atoms with Gasteiger partial charge in [0.05, 0.1) is 30.9 Å². The molecule has 1 saturated carbocycles. The van der Waals surface area contributed by atoms with Crippen LogP contribution in [0.25, 0.3) is 0 Å². The number of amides is 1. The van der Waals surface area contributed by atoms with Crippen LogP contribution in [-0.4, -0.2) is 123 Å². The van der Waals surface area contributed by atoms with E-state index in [4.69, 9.17) is 35.2 Å². The Labute approximate surface area is 228 Å². The van der Waals surface area contributed by atoms with Crippen molar-refractivity contribution in [1.82, 2.24) is 5.32 Å². The van der Waals surface area contributed by atoms with E-state index < -0.39 is 97.8 Å². The molecule has 2 aliphatic heterocycles. The number of carbonyl (C=O) groups excluding carboxylic acids is 1. The van der Waals surface area contributed by atoms with Crippen molar-refractivity contribution in [3.8, 4) is 0 Å². The Kier molecular flexibility index (Phi) is 11.0. The molecular weight excluding hydrogens is 518 g/mol. The minimum absolute atomic E-state index is 0.0908. The molecule has 39 heavy (non-hydrogen) atoms. The van der Waals surface area contributed by atoms with Gasteiger partial charge in [0.2, 0.25) is 0 Å². The maximum absolute atomic E-state index is 12.6. The second kappa shape index (κ2) is 13.2. The summed E-state index contributed by atoms with van der Waals surface area (Å²) in [4.78, 5) is 12.6. The fourth-order valence-electron chi connectivity index (χ4n) is 5.31. The zero-order chi connectivity index (χ0) is 29.2. The molecule has 1 amide bonds. The smallest absolute Gasteiger partial charge is 0.407 e. The number of nitrogens with one attached hydrogen (secondary N) is 1. The Morgan fingerprint density at radius 3 is 2.15 bits per heavy atom. The number of alkyl carbamates (subject to hydrolysis) is 1. The third-order valence-corrected chi connectivity index (χ3v) is 7.46. The first-order chi connectivity index (χ1) is 18.2. The van der Waals surface area contributed by atoms with Crippen LogP contribution in [0.2, 0.25) is 0 Å². The van der Waals surface area contributed by atoms with Gasteiger partial charge in [0.25, 0.3) is 0 Å². The lowest BCUT2D eigenvalue weighted by Crippen LogP contribution is -2.68. The molecule has 0 aromatic rings. The Bertz CT molecular complexity index is 800. The molecule has 3 rings (SSSR count). The van der Waals surface area contributed by atoms with Gasteiger partial charge in [0.15, 0.2) is 12.6 Å². The molecule has 14 nitrogen and oxygen atoms in total. The monoisotopic (exact) mass is 565 g/mol. The minimum Gasteiger partial charge on any atom is -0.444 e. The van der Waals surface area contributed by atoms with Crippen LogP contribution in [0.4, 0.5) is 4.79 Å². The Morgan fingerprint density at radius 1 is 0.949 bits per heavy atom. The summed E-state index contributed by atoms with van der Waals surface area (Å²) in [6.45, 7) is 8.31. The molecule has 0 aromatic heterocycles. The van der Waals surface area contributed by atoms with Crippen molar-refractivity contribution in [2.24, 2.45) is 17.4 Å². The largest absolute Gasteiger partial charge is 0.444 e. The van der Waals surface area contributed by atoms with Gasteiger partial charge in [-0.25, -0.2) is 4.79 Å². The van der Waals surface area contributed by atoms with Crippen molar-refractivity contribution in [3.05, 3.63) is 0 Å². The van der Waals surface area contributed by atoms with Crippen LogP contribution in [0.1, 0.15) is 53.9 Å². The predicted molar refractivity (Wildman–Crippen MR) is 136 cm³/mol. The lowest BCUT2D eigenvalue weighted by atomic mass is 9.83. The lowest BCUT2D eigenvalue weighted by Gasteiger charge is -2.48. The molecule has 228 valence electrons. The molecule has 14 unspecified atom stereocenters. The van der Waals surface area contributed by atoms with E-state index in [0.717, 1.165) is 0 Å². The Balaban J connectivity index is 1.82. The van der Waals surface area contributed by atoms with Crippen LogP contribution >= 0.6 is 0 Å². The summed E-state index contributed by atoms with van der Waals surface area (Å²) < 4.78 is 29.1. The maximum Gasteiger partial charge on any atom is 0.407 e. The Hall–Kier alpha value is -1.17. The molecule has 3 aliphatic rings. The maximum atomic E-state index is 12.6. The quantitative estimate of drug-likeness (QED) is 0.168. The van der Waals surface area contributed by atoms with E-state index in [-0.39, 0.29) is 12.3 Å². The molecular formula is C25H47N3O11. The van der Waals surface area contributed by atoms with Crippen LogP contribution in [0.15, 0.2) is 0 Å². The third kappa shape index (κ3) is 7.77. The Morgan fingerprint density at radius 2 is 1.56 bits per heavy atom. The summed E-state index contributed by atoms with van der Waals surface area (Å²) in [5.74, 6) is -0.236. The molecule has 14 heteroatoms. The number of hydrogen-bond acceptors (Lipinski definition) is 13. The number of carbonyl (C=O) groups is 1. The van der Waals surface area contributed by atoms with Crippen LogP contribution in [-0.2, 0) is 23.7 Å². The van der Waals surface area contributed by atoms with Crippen molar-refractivity contribution in [1.29, 1.82) is 0 Å². The van der Waals surface area contributed by atoms with Crippen molar-refractivity contribution in [3.63, 3.8) is 0 Å². The van der Waals surface area contributed by atoms with E-state index in [2.05, 4.69) is 5.32 Å². The molecule has 0 spiro atoms. The van der Waals surface area contributed by atoms with Crippen molar-refractivity contribution in [2.75, 3.05) is 6.61 Å². The highest BCUT2D eigenvalue weighted by Gasteiger charge is 2.51. The van der Waals surface area contributed by atoms with Gasteiger partial charge in [-0.2, -0.15) is 0 Å². The summed E-state index contributed by atoms with van der Waals surface area (Å²) in [5.41, 5.74) is 11.5. The highest BCUT2D eigenvalue weighted by molar-refractivity contribution is 5.68. The van der Waals surface area contributed by atoms with Crippen LogP contribution in [0.5, 0.6) is 0 Å². The van der Waals surface area contributed by atoms with Gasteiger partial charge in [-0.1, -0.05) is 13.8 Å². The van der Waals surface area contributed by atoms with Crippen LogP contribution in [0, 0.1) is 5.92 Å². The summed E-state index contributed by atoms with van der Waals surface area (Å²) in [7, 11) is 0. The minimum atomic E-state index is -1.48. The predicted octanol–water partition coefficient (Wildman–Crippen LogP) is -1.97. The second-order valence-electron chi connectivity index (χ2n) is 11.9. The molecule has 2 heterocycles.